The average Bonchev–Trinajstić information content (AvgIpc) is 3.09. The van der Waals surface area contributed by atoms with Gasteiger partial charge in [0.15, 0.2) is 6.54 Å². The summed E-state index contributed by atoms with van der Waals surface area (Å²) in [6.45, 7) is 3.68. The number of thiophene rings is 1. The van der Waals surface area contributed by atoms with Crippen molar-refractivity contribution in [3.63, 3.8) is 0 Å². The third-order valence-corrected chi connectivity index (χ3v) is 5.97. The van der Waals surface area contributed by atoms with E-state index in [1.54, 1.807) is 11.3 Å². The van der Waals surface area contributed by atoms with Crippen molar-refractivity contribution in [3.8, 4) is 0 Å². The highest BCUT2D eigenvalue weighted by Gasteiger charge is 2.52. The maximum Gasteiger partial charge on any atom is 0.280 e. The molecular formula is C19H23N2OS+. The highest BCUT2D eigenvalue weighted by molar-refractivity contribution is 7.10. The molecule has 2 aliphatic heterocycles. The van der Waals surface area contributed by atoms with Gasteiger partial charge in [0.1, 0.15) is 5.69 Å². The molecule has 120 valence electrons. The second-order valence-electron chi connectivity index (χ2n) is 6.60. The summed E-state index contributed by atoms with van der Waals surface area (Å²) in [5, 5.41) is 13.6. The molecule has 3 heterocycles. The van der Waals surface area contributed by atoms with Gasteiger partial charge >= 0.3 is 0 Å². The molecule has 0 aliphatic carbocycles. The number of rotatable bonds is 2. The molecule has 2 aliphatic rings. The molecule has 2 aromatic rings. The fourth-order valence-electron chi connectivity index (χ4n) is 3.82. The number of hydrogen-bond donors (Lipinski definition) is 1. The van der Waals surface area contributed by atoms with Gasteiger partial charge in [-0.25, -0.2) is 9.48 Å². The fourth-order valence-corrected chi connectivity index (χ4v) is 4.65. The van der Waals surface area contributed by atoms with E-state index in [9.17, 15) is 5.11 Å². The summed E-state index contributed by atoms with van der Waals surface area (Å²) in [4.78, 5) is 3.38. The SMILES string of the molecule is Cc1cccc(N2C[C@](O)(c3cccs3)[N+]3=C2CCCCC3)c1. The molecule has 0 saturated heterocycles. The Morgan fingerprint density at radius 3 is 2.87 bits per heavy atom. The molecule has 1 aromatic heterocycles. The predicted octanol–water partition coefficient (Wildman–Crippen LogP) is 3.71. The van der Waals surface area contributed by atoms with Gasteiger partial charge in [-0.1, -0.05) is 18.2 Å². The Kier molecular flexibility index (Phi) is 3.74. The molecule has 0 radical (unpaired) electrons. The second kappa shape index (κ2) is 5.77. The zero-order valence-corrected chi connectivity index (χ0v) is 14.4. The lowest BCUT2D eigenvalue weighted by molar-refractivity contribution is -0.657. The molecule has 1 atom stereocenters. The minimum atomic E-state index is -0.891. The number of nitrogens with zero attached hydrogens (tertiary/aromatic N) is 2. The van der Waals surface area contributed by atoms with Gasteiger partial charge in [0.05, 0.1) is 11.4 Å². The lowest BCUT2D eigenvalue weighted by Crippen LogP contribution is -2.40. The van der Waals surface area contributed by atoms with Crippen LogP contribution in [0.2, 0.25) is 0 Å². The van der Waals surface area contributed by atoms with E-state index in [4.69, 9.17) is 0 Å². The fraction of sp³-hybridized carbons (Fsp3) is 0.421. The largest absolute Gasteiger partial charge is 0.346 e. The van der Waals surface area contributed by atoms with Crippen molar-refractivity contribution in [2.45, 2.75) is 38.3 Å². The average molecular weight is 327 g/mol. The number of β-amino-alcohol motifs (C(OH)–C–C–N with tert-alkyl or cyclic N) is 1. The van der Waals surface area contributed by atoms with Crippen LogP contribution in [0.4, 0.5) is 5.69 Å². The standard InChI is InChI=1S/C19H23N2OS/c1-15-7-5-8-16(13-15)20-14-19(22,17-9-6-12-23-17)21-11-4-2-3-10-18(20)21/h5-9,12-13,22H,2-4,10-11,14H2,1H3/q+1/t19-/m0/s1. The van der Waals surface area contributed by atoms with E-state index in [0.717, 1.165) is 24.3 Å². The van der Waals surface area contributed by atoms with Gasteiger partial charge in [0, 0.05) is 6.42 Å². The van der Waals surface area contributed by atoms with Crippen molar-refractivity contribution >= 4 is 22.9 Å². The van der Waals surface area contributed by atoms with Gasteiger partial charge in [-0.2, -0.15) is 0 Å². The Morgan fingerprint density at radius 1 is 1.17 bits per heavy atom. The number of amidine groups is 1. The van der Waals surface area contributed by atoms with Crippen LogP contribution in [-0.4, -0.2) is 28.6 Å². The summed E-state index contributed by atoms with van der Waals surface area (Å²) in [6, 6.07) is 12.7. The molecule has 0 saturated carbocycles. The molecule has 0 amide bonds. The first-order chi connectivity index (χ1) is 11.2. The van der Waals surface area contributed by atoms with E-state index in [1.165, 1.54) is 29.9 Å². The summed E-state index contributed by atoms with van der Waals surface area (Å²) in [6.07, 6.45) is 4.64. The van der Waals surface area contributed by atoms with Gasteiger partial charge in [0.2, 0.25) is 0 Å². The minimum Gasteiger partial charge on any atom is -0.346 e. The Bertz CT molecular complexity index is 738. The zero-order chi connectivity index (χ0) is 15.9. The van der Waals surface area contributed by atoms with Crippen molar-refractivity contribution in [1.29, 1.82) is 0 Å². The van der Waals surface area contributed by atoms with Crippen LogP contribution in [-0.2, 0) is 5.72 Å². The maximum atomic E-state index is 11.5. The van der Waals surface area contributed by atoms with Crippen LogP contribution in [0.1, 0.15) is 36.1 Å². The Balaban J connectivity index is 1.82. The first-order valence-corrected chi connectivity index (χ1v) is 9.30. The highest BCUT2D eigenvalue weighted by Crippen LogP contribution is 2.37. The maximum absolute atomic E-state index is 11.5. The lowest BCUT2D eigenvalue weighted by Gasteiger charge is -2.21. The van der Waals surface area contributed by atoms with Crippen LogP contribution < -0.4 is 4.90 Å². The van der Waals surface area contributed by atoms with Crippen LogP contribution in [0, 0.1) is 6.92 Å². The van der Waals surface area contributed by atoms with Crippen LogP contribution in [0.5, 0.6) is 0 Å². The first kappa shape index (κ1) is 14.9. The lowest BCUT2D eigenvalue weighted by atomic mass is 10.1. The highest BCUT2D eigenvalue weighted by atomic mass is 32.1. The Hall–Kier alpha value is -1.65. The summed E-state index contributed by atoms with van der Waals surface area (Å²) in [7, 11) is 0. The van der Waals surface area contributed by atoms with E-state index in [1.807, 2.05) is 6.07 Å². The van der Waals surface area contributed by atoms with Crippen molar-refractivity contribution in [2.75, 3.05) is 18.0 Å². The van der Waals surface area contributed by atoms with Gasteiger partial charge in [-0.05, 0) is 55.3 Å². The van der Waals surface area contributed by atoms with Crippen molar-refractivity contribution < 1.29 is 9.68 Å². The van der Waals surface area contributed by atoms with E-state index < -0.39 is 5.72 Å². The van der Waals surface area contributed by atoms with Crippen LogP contribution in [0.25, 0.3) is 0 Å². The van der Waals surface area contributed by atoms with Crippen LogP contribution in [0.3, 0.4) is 0 Å². The van der Waals surface area contributed by atoms with Crippen molar-refractivity contribution in [3.05, 3.63) is 52.2 Å². The number of aliphatic hydroxyl groups is 1. The first-order valence-electron chi connectivity index (χ1n) is 8.42. The Labute approximate surface area is 141 Å². The molecule has 23 heavy (non-hydrogen) atoms. The number of hydrogen-bond acceptors (Lipinski definition) is 3. The molecule has 3 nitrogen and oxygen atoms in total. The second-order valence-corrected chi connectivity index (χ2v) is 7.55. The third kappa shape index (κ3) is 2.50. The molecule has 0 unspecified atom stereocenters. The van der Waals surface area contributed by atoms with E-state index >= 15 is 0 Å². The van der Waals surface area contributed by atoms with Gasteiger partial charge < -0.3 is 5.11 Å². The quantitative estimate of drug-likeness (QED) is 0.851. The summed E-state index contributed by atoms with van der Waals surface area (Å²) in [5.41, 5.74) is 1.56. The monoisotopic (exact) mass is 327 g/mol. The molecular weight excluding hydrogens is 304 g/mol. The Morgan fingerprint density at radius 2 is 2.09 bits per heavy atom. The molecule has 0 fully saturated rings. The van der Waals surface area contributed by atoms with Gasteiger partial charge in [-0.15, -0.1) is 11.3 Å². The predicted molar refractivity (Wildman–Crippen MR) is 95.3 cm³/mol. The molecule has 0 bridgehead atoms. The normalized spacial score (nSPS) is 24.7. The minimum absolute atomic E-state index is 0.617. The zero-order valence-electron chi connectivity index (χ0n) is 13.5. The van der Waals surface area contributed by atoms with Crippen LogP contribution >= 0.6 is 11.3 Å². The summed E-state index contributed by atoms with van der Waals surface area (Å²) in [5.74, 6) is 1.28. The van der Waals surface area contributed by atoms with E-state index in [0.29, 0.717) is 6.54 Å². The summed E-state index contributed by atoms with van der Waals surface area (Å²) < 4.78 is 2.26. The van der Waals surface area contributed by atoms with Gasteiger partial charge in [0.25, 0.3) is 11.6 Å². The molecule has 0 spiro atoms. The summed E-state index contributed by atoms with van der Waals surface area (Å²) >= 11 is 1.65. The van der Waals surface area contributed by atoms with Crippen molar-refractivity contribution in [2.24, 2.45) is 0 Å². The van der Waals surface area contributed by atoms with Gasteiger partial charge in [-0.3, -0.25) is 0 Å². The topological polar surface area (TPSA) is 26.5 Å². The van der Waals surface area contributed by atoms with Crippen molar-refractivity contribution in [1.82, 2.24) is 0 Å². The molecule has 1 aromatic carbocycles. The van der Waals surface area contributed by atoms with E-state index in [2.05, 4.69) is 52.1 Å². The number of anilines is 1. The van der Waals surface area contributed by atoms with Crippen LogP contribution in [0.15, 0.2) is 41.8 Å². The molecule has 1 N–H and O–H groups in total. The number of benzene rings is 1. The molecule has 4 rings (SSSR count). The van der Waals surface area contributed by atoms with E-state index in [-0.39, 0.29) is 0 Å². The number of aryl methyl sites for hydroxylation is 1. The molecule has 4 heteroatoms. The third-order valence-electron chi connectivity index (χ3n) is 4.96. The smallest absolute Gasteiger partial charge is 0.280 e.